The van der Waals surface area contributed by atoms with Crippen molar-refractivity contribution in [1.29, 1.82) is 0 Å². The molecule has 0 aromatic heterocycles. The number of halogens is 1. The molecule has 0 unspecified atom stereocenters. The molecule has 1 aliphatic rings. The Balaban J connectivity index is 1.92. The Hall–Kier alpha value is -3.75. The fourth-order valence-corrected chi connectivity index (χ4v) is 2.62. The molecule has 0 saturated carbocycles. The summed E-state index contributed by atoms with van der Waals surface area (Å²) in [6, 6.07) is 8.99. The van der Waals surface area contributed by atoms with Gasteiger partial charge in [0, 0.05) is 23.3 Å². The van der Waals surface area contributed by atoms with E-state index in [1.54, 1.807) is 6.07 Å². The van der Waals surface area contributed by atoms with Crippen LogP contribution in [0.5, 0.6) is 5.75 Å². The molecule has 0 bridgehead atoms. The van der Waals surface area contributed by atoms with Crippen molar-refractivity contribution >= 4 is 23.7 Å². The van der Waals surface area contributed by atoms with Gasteiger partial charge in [-0.1, -0.05) is 18.2 Å². The number of benzene rings is 2. The lowest BCUT2D eigenvalue weighted by molar-refractivity contribution is -0.384. The van der Waals surface area contributed by atoms with Crippen LogP contribution >= 0.6 is 0 Å². The summed E-state index contributed by atoms with van der Waals surface area (Å²) in [5.41, 5.74) is 0.163. The van der Waals surface area contributed by atoms with Gasteiger partial charge in [0.1, 0.15) is 17.3 Å². The third-order valence-corrected chi connectivity index (χ3v) is 3.97. The average molecular weight is 371 g/mol. The smallest absolute Gasteiger partial charge is 0.329 e. The number of amides is 3. The Bertz CT molecular complexity index is 973. The van der Waals surface area contributed by atoms with Crippen molar-refractivity contribution in [1.82, 2.24) is 10.2 Å². The van der Waals surface area contributed by atoms with Gasteiger partial charge in [0.2, 0.25) is 0 Å². The molecule has 27 heavy (non-hydrogen) atoms. The van der Waals surface area contributed by atoms with E-state index < -0.39 is 22.7 Å². The predicted octanol–water partition coefficient (Wildman–Crippen LogP) is 2.84. The van der Waals surface area contributed by atoms with Gasteiger partial charge in [-0.15, -0.1) is 0 Å². The quantitative estimate of drug-likeness (QED) is 0.377. The van der Waals surface area contributed by atoms with Crippen LogP contribution in [0.2, 0.25) is 0 Å². The van der Waals surface area contributed by atoms with Crippen LogP contribution in [0.1, 0.15) is 11.1 Å². The summed E-state index contributed by atoms with van der Waals surface area (Å²) in [5, 5.41) is 13.3. The molecule has 1 N–H and O–H groups in total. The van der Waals surface area contributed by atoms with E-state index in [0.29, 0.717) is 5.75 Å². The first-order valence-electron chi connectivity index (χ1n) is 7.81. The SMILES string of the molecule is COc1ccc([N+](=O)[O-])cc1/C=C1/NC(=O)N(Cc2ccccc2F)C1=O. The highest BCUT2D eigenvalue weighted by Gasteiger charge is 2.34. The molecule has 3 amide bonds. The average Bonchev–Trinajstić information content (AvgIpc) is 2.90. The molecular weight excluding hydrogens is 357 g/mol. The van der Waals surface area contributed by atoms with Crippen LogP contribution < -0.4 is 10.1 Å². The zero-order valence-electron chi connectivity index (χ0n) is 14.1. The Morgan fingerprint density at radius 1 is 1.26 bits per heavy atom. The van der Waals surface area contributed by atoms with E-state index in [1.165, 1.54) is 49.6 Å². The second kappa shape index (κ2) is 7.24. The number of methoxy groups -OCH3 is 1. The standard InChI is InChI=1S/C18H14FN3O5/c1-27-16-7-6-13(22(25)26)8-12(16)9-15-17(23)21(18(24)20-15)10-11-4-2-3-5-14(11)19/h2-9H,10H2,1H3,(H,20,24)/b15-9+. The number of rotatable bonds is 5. The molecule has 8 nitrogen and oxygen atoms in total. The van der Waals surface area contributed by atoms with Gasteiger partial charge in [-0.2, -0.15) is 0 Å². The van der Waals surface area contributed by atoms with Crippen molar-refractivity contribution in [3.05, 3.63) is 75.2 Å². The van der Waals surface area contributed by atoms with E-state index in [4.69, 9.17) is 4.74 Å². The molecule has 3 rings (SSSR count). The summed E-state index contributed by atoms with van der Waals surface area (Å²) < 4.78 is 18.9. The number of ether oxygens (including phenoxy) is 1. The van der Waals surface area contributed by atoms with Gasteiger partial charge < -0.3 is 10.1 Å². The molecule has 1 fully saturated rings. The van der Waals surface area contributed by atoms with Crippen LogP contribution in [0.4, 0.5) is 14.9 Å². The second-order valence-electron chi connectivity index (χ2n) is 5.65. The first-order valence-corrected chi connectivity index (χ1v) is 7.81. The van der Waals surface area contributed by atoms with Gasteiger partial charge in [-0.25, -0.2) is 9.18 Å². The van der Waals surface area contributed by atoms with Crippen LogP contribution in [0.15, 0.2) is 48.2 Å². The molecule has 138 valence electrons. The van der Waals surface area contributed by atoms with Crippen molar-refractivity contribution in [2.45, 2.75) is 6.54 Å². The fraction of sp³-hybridized carbons (Fsp3) is 0.111. The molecule has 0 aliphatic carbocycles. The minimum atomic E-state index is -0.709. The minimum Gasteiger partial charge on any atom is -0.496 e. The predicted molar refractivity (Wildman–Crippen MR) is 93.1 cm³/mol. The summed E-state index contributed by atoms with van der Waals surface area (Å²) in [6.07, 6.45) is 1.29. The topological polar surface area (TPSA) is 102 Å². The molecule has 0 radical (unpaired) electrons. The highest BCUT2D eigenvalue weighted by atomic mass is 19.1. The second-order valence-corrected chi connectivity index (χ2v) is 5.65. The van der Waals surface area contributed by atoms with Crippen molar-refractivity contribution < 1.29 is 23.6 Å². The number of hydrogen-bond acceptors (Lipinski definition) is 5. The zero-order valence-corrected chi connectivity index (χ0v) is 14.1. The van der Waals surface area contributed by atoms with Crippen LogP contribution in [-0.4, -0.2) is 28.9 Å². The van der Waals surface area contributed by atoms with Crippen LogP contribution in [0.3, 0.4) is 0 Å². The van der Waals surface area contributed by atoms with Crippen molar-refractivity contribution in [3.8, 4) is 5.75 Å². The van der Waals surface area contributed by atoms with Crippen molar-refractivity contribution in [3.63, 3.8) is 0 Å². The molecule has 1 heterocycles. The van der Waals surface area contributed by atoms with Gasteiger partial charge in [-0.3, -0.25) is 19.8 Å². The van der Waals surface area contributed by atoms with E-state index in [0.717, 1.165) is 4.90 Å². The van der Waals surface area contributed by atoms with Gasteiger partial charge in [0.15, 0.2) is 0 Å². The molecule has 1 aliphatic heterocycles. The van der Waals surface area contributed by atoms with E-state index in [2.05, 4.69) is 5.32 Å². The number of nitrogens with one attached hydrogen (secondary N) is 1. The summed E-state index contributed by atoms with van der Waals surface area (Å²) >= 11 is 0. The summed E-state index contributed by atoms with van der Waals surface area (Å²) in [4.78, 5) is 35.9. The van der Waals surface area contributed by atoms with Gasteiger partial charge in [-0.05, 0) is 18.2 Å². The normalized spacial score (nSPS) is 15.2. The number of carbonyl (C=O) groups excluding carboxylic acids is 2. The molecular formula is C18H14FN3O5. The first-order chi connectivity index (χ1) is 12.9. The number of non-ortho nitro benzene ring substituents is 1. The lowest BCUT2D eigenvalue weighted by Crippen LogP contribution is -2.30. The van der Waals surface area contributed by atoms with Crippen LogP contribution in [0.25, 0.3) is 6.08 Å². The summed E-state index contributed by atoms with van der Waals surface area (Å²) in [6.45, 7) is -0.235. The van der Waals surface area contributed by atoms with E-state index in [1.807, 2.05) is 0 Å². The lowest BCUT2D eigenvalue weighted by atomic mass is 10.1. The monoisotopic (exact) mass is 371 g/mol. The Kier molecular flexibility index (Phi) is 4.84. The van der Waals surface area contributed by atoms with Gasteiger partial charge in [0.05, 0.1) is 18.6 Å². The highest BCUT2D eigenvalue weighted by molar-refractivity contribution is 6.14. The van der Waals surface area contributed by atoms with E-state index >= 15 is 0 Å². The Morgan fingerprint density at radius 2 is 2.00 bits per heavy atom. The number of urea groups is 1. The zero-order chi connectivity index (χ0) is 19.6. The van der Waals surface area contributed by atoms with Crippen molar-refractivity contribution in [2.75, 3.05) is 7.11 Å². The molecule has 0 atom stereocenters. The maximum Gasteiger partial charge on any atom is 0.329 e. The number of carbonyl (C=O) groups is 2. The molecule has 9 heteroatoms. The third kappa shape index (κ3) is 3.61. The molecule has 2 aromatic carbocycles. The highest BCUT2D eigenvalue weighted by Crippen LogP contribution is 2.27. The molecule has 2 aromatic rings. The summed E-state index contributed by atoms with van der Waals surface area (Å²) in [5.74, 6) is -0.907. The van der Waals surface area contributed by atoms with Gasteiger partial charge in [0.25, 0.3) is 11.6 Å². The maximum atomic E-state index is 13.8. The maximum absolute atomic E-state index is 13.8. The third-order valence-electron chi connectivity index (χ3n) is 3.97. The van der Waals surface area contributed by atoms with Gasteiger partial charge >= 0.3 is 6.03 Å². The number of imide groups is 1. The number of nitro benzene ring substituents is 1. The van der Waals surface area contributed by atoms with Crippen LogP contribution in [0, 0.1) is 15.9 Å². The van der Waals surface area contributed by atoms with Crippen LogP contribution in [-0.2, 0) is 11.3 Å². The summed E-state index contributed by atoms with van der Waals surface area (Å²) in [7, 11) is 1.38. The molecule has 1 saturated heterocycles. The first kappa shape index (κ1) is 18.1. The largest absolute Gasteiger partial charge is 0.496 e. The van der Waals surface area contributed by atoms with E-state index in [-0.39, 0.29) is 29.1 Å². The van der Waals surface area contributed by atoms with E-state index in [9.17, 15) is 24.1 Å². The number of hydrogen-bond donors (Lipinski definition) is 1. The lowest BCUT2D eigenvalue weighted by Gasteiger charge is -2.12. The number of nitrogens with zero attached hydrogens (tertiary/aromatic N) is 2. The minimum absolute atomic E-state index is 0.0878. The fourth-order valence-electron chi connectivity index (χ4n) is 2.62. The Labute approximate surface area is 153 Å². The van der Waals surface area contributed by atoms with Crippen molar-refractivity contribution in [2.24, 2.45) is 0 Å². The Morgan fingerprint density at radius 3 is 2.67 bits per heavy atom. The molecule has 0 spiro atoms. The number of nitro groups is 1.